The van der Waals surface area contributed by atoms with Gasteiger partial charge in [-0.05, 0) is 12.8 Å². The van der Waals surface area contributed by atoms with Crippen LogP contribution < -0.4 is 27.4 Å². The Labute approximate surface area is 162 Å². The summed E-state index contributed by atoms with van der Waals surface area (Å²) in [6, 6.07) is -1.85. The first-order valence-electron chi connectivity index (χ1n) is 7.98. The smallest absolute Gasteiger partial charge is 0.408 e. The van der Waals surface area contributed by atoms with Gasteiger partial charge in [-0.2, -0.15) is 0 Å². The molecule has 0 saturated heterocycles. The lowest BCUT2D eigenvalue weighted by Crippen LogP contribution is -2.68. The summed E-state index contributed by atoms with van der Waals surface area (Å²) in [5.41, 5.74) is 9.34. The summed E-state index contributed by atoms with van der Waals surface area (Å²) in [5, 5.41) is 6.81. The number of alkyl carbamates (subject to hydrolysis) is 1. The van der Waals surface area contributed by atoms with E-state index in [4.69, 9.17) is 11.5 Å². The molecule has 2 unspecified atom stereocenters. The minimum Gasteiger partial charge on any atom is -0.453 e. The van der Waals surface area contributed by atoms with Crippen molar-refractivity contribution in [2.24, 2.45) is 16.5 Å². The molecule has 1 heterocycles. The zero-order valence-corrected chi connectivity index (χ0v) is 16.2. The number of likely N-dealkylation sites (N-methyl/N-ethyl adjacent to an activating group) is 1. The summed E-state index contributed by atoms with van der Waals surface area (Å²) < 4.78 is 4.52. The van der Waals surface area contributed by atoms with Crippen LogP contribution in [0.1, 0.15) is 26.2 Å². The third-order valence-electron chi connectivity index (χ3n) is 3.81. The third-order valence-corrected chi connectivity index (χ3v) is 3.81. The van der Waals surface area contributed by atoms with Gasteiger partial charge in [-0.3, -0.25) is 25.5 Å². The largest absolute Gasteiger partial charge is 0.453 e. The van der Waals surface area contributed by atoms with Crippen LogP contribution in [0.3, 0.4) is 0 Å². The Morgan fingerprint density at radius 1 is 1.44 bits per heavy atom. The molecule has 1 rings (SSSR count). The van der Waals surface area contributed by atoms with Crippen molar-refractivity contribution >= 4 is 42.3 Å². The highest BCUT2D eigenvalue weighted by Gasteiger charge is 2.42. The first-order valence-corrected chi connectivity index (χ1v) is 7.98. The van der Waals surface area contributed by atoms with Gasteiger partial charge >= 0.3 is 12.1 Å². The molecule has 13 heteroatoms. The Morgan fingerprint density at radius 3 is 2.56 bits per heavy atom. The van der Waals surface area contributed by atoms with E-state index in [1.807, 2.05) is 6.92 Å². The molecular formula is C14H26ClN7O5. The average molecular weight is 408 g/mol. The Balaban J connectivity index is 0.00000676. The number of unbranched alkanes of at least 4 members (excludes halogenated alkanes) is 1. The van der Waals surface area contributed by atoms with E-state index in [0.717, 1.165) is 18.4 Å². The van der Waals surface area contributed by atoms with Gasteiger partial charge in [0.1, 0.15) is 6.04 Å². The van der Waals surface area contributed by atoms with E-state index in [1.165, 1.54) is 7.05 Å². The molecule has 0 aromatic heterocycles. The van der Waals surface area contributed by atoms with Crippen LogP contribution in [0.4, 0.5) is 9.59 Å². The van der Waals surface area contributed by atoms with Crippen molar-refractivity contribution in [1.82, 2.24) is 20.9 Å². The predicted octanol–water partition coefficient (Wildman–Crippen LogP) is -1.41. The molecule has 0 bridgehead atoms. The number of nitrogens with two attached hydrogens (primary N) is 2. The third kappa shape index (κ3) is 6.57. The number of carbonyl (C=O) groups excluding carboxylic acids is 4. The van der Waals surface area contributed by atoms with Gasteiger partial charge in [0.25, 0.3) is 11.8 Å². The fourth-order valence-corrected chi connectivity index (χ4v) is 2.35. The molecule has 0 aromatic rings. The highest BCUT2D eigenvalue weighted by atomic mass is 35.5. The first kappa shape index (κ1) is 24.4. The van der Waals surface area contributed by atoms with Gasteiger partial charge in [-0.15, -0.1) is 12.4 Å². The molecule has 0 radical (unpaired) electrons. The number of carbonyl (C=O) groups is 4. The summed E-state index contributed by atoms with van der Waals surface area (Å²) in [5.74, 6) is -1.34. The van der Waals surface area contributed by atoms with Crippen LogP contribution in [0.15, 0.2) is 4.99 Å². The van der Waals surface area contributed by atoms with Gasteiger partial charge < -0.3 is 21.1 Å². The fraction of sp³-hybridized carbons (Fsp3) is 0.643. The van der Waals surface area contributed by atoms with E-state index in [2.05, 4.69) is 25.7 Å². The van der Waals surface area contributed by atoms with Crippen molar-refractivity contribution in [3.8, 4) is 0 Å². The molecule has 0 spiro atoms. The quantitative estimate of drug-likeness (QED) is 0.337. The van der Waals surface area contributed by atoms with Gasteiger partial charge in [0.05, 0.1) is 13.7 Å². The Bertz CT molecular complexity index is 615. The lowest BCUT2D eigenvalue weighted by molar-refractivity contribution is -0.143. The van der Waals surface area contributed by atoms with Crippen molar-refractivity contribution in [2.75, 3.05) is 20.7 Å². The molecule has 27 heavy (non-hydrogen) atoms. The molecule has 0 fully saturated rings. The molecule has 2 atom stereocenters. The topological polar surface area (TPSA) is 181 Å². The Hall–Kier alpha value is -2.60. The second-order valence-electron chi connectivity index (χ2n) is 5.79. The number of aliphatic imine (C=N–C) groups is 1. The summed E-state index contributed by atoms with van der Waals surface area (Å²) in [7, 11) is 2.53. The maximum atomic E-state index is 12.8. The SMILES string of the molecule is CCCCC(N)(NC(=O)OC)C(=O)N(C)C1CN=C(NC(N)=O)NC1=O.Cl. The number of nitrogens with zero attached hydrogens (tertiary/aromatic N) is 2. The molecule has 1 aliphatic rings. The number of guanidine groups is 1. The monoisotopic (exact) mass is 407 g/mol. The standard InChI is InChI=1S/C14H25N7O5.ClH/c1-4-5-6-14(16,20-13(25)26-3)10(23)21(2)8-7-17-12(18-9(8)22)19-11(15)24;/h8H,4-7,16H2,1-3H3,(H,20,25)(H4,15,17,18,19,22,24);1H. The van der Waals surface area contributed by atoms with E-state index in [1.54, 1.807) is 0 Å². The van der Waals surface area contributed by atoms with Crippen molar-refractivity contribution in [3.05, 3.63) is 0 Å². The van der Waals surface area contributed by atoms with Gasteiger partial charge in [-0.25, -0.2) is 14.6 Å². The molecule has 0 saturated carbocycles. The molecule has 0 aliphatic carbocycles. The van der Waals surface area contributed by atoms with Crippen LogP contribution in [0, 0.1) is 0 Å². The van der Waals surface area contributed by atoms with Crippen molar-refractivity contribution in [3.63, 3.8) is 0 Å². The molecular weight excluding hydrogens is 382 g/mol. The minimum absolute atomic E-state index is 0. The number of hydrogen-bond donors (Lipinski definition) is 5. The molecule has 7 N–H and O–H groups in total. The van der Waals surface area contributed by atoms with Crippen LogP contribution in [0.2, 0.25) is 0 Å². The summed E-state index contributed by atoms with van der Waals surface area (Å²) >= 11 is 0. The maximum Gasteiger partial charge on any atom is 0.408 e. The van der Waals surface area contributed by atoms with E-state index >= 15 is 0 Å². The lowest BCUT2D eigenvalue weighted by Gasteiger charge is -2.36. The molecule has 0 aromatic carbocycles. The average Bonchev–Trinajstić information content (AvgIpc) is 2.58. The summed E-state index contributed by atoms with van der Waals surface area (Å²) in [6.45, 7) is 1.80. The second-order valence-corrected chi connectivity index (χ2v) is 5.79. The van der Waals surface area contributed by atoms with Crippen molar-refractivity contribution in [2.45, 2.75) is 37.9 Å². The summed E-state index contributed by atoms with van der Waals surface area (Å²) in [6.07, 6.45) is 0.620. The van der Waals surface area contributed by atoms with E-state index in [0.29, 0.717) is 6.42 Å². The van der Waals surface area contributed by atoms with E-state index < -0.39 is 35.6 Å². The van der Waals surface area contributed by atoms with Crippen LogP contribution in [0.5, 0.6) is 0 Å². The van der Waals surface area contributed by atoms with E-state index in [-0.39, 0.29) is 31.3 Å². The molecule has 1 aliphatic heterocycles. The minimum atomic E-state index is -1.73. The number of rotatable bonds is 6. The lowest BCUT2D eigenvalue weighted by atomic mass is 10.0. The molecule has 154 valence electrons. The summed E-state index contributed by atoms with van der Waals surface area (Å²) in [4.78, 5) is 52.5. The maximum absolute atomic E-state index is 12.8. The fourth-order valence-electron chi connectivity index (χ4n) is 2.35. The number of ether oxygens (including phenoxy) is 1. The number of nitrogens with one attached hydrogen (secondary N) is 3. The van der Waals surface area contributed by atoms with Gasteiger partial charge in [0, 0.05) is 7.05 Å². The molecule has 12 nitrogen and oxygen atoms in total. The highest BCUT2D eigenvalue weighted by molar-refractivity contribution is 6.07. The zero-order chi connectivity index (χ0) is 19.9. The molecule has 5 amide bonds. The number of hydrogen-bond acceptors (Lipinski definition) is 7. The van der Waals surface area contributed by atoms with Crippen molar-refractivity contribution < 1.29 is 23.9 Å². The van der Waals surface area contributed by atoms with Crippen LogP contribution in [0.25, 0.3) is 0 Å². The second kappa shape index (κ2) is 10.5. The Morgan fingerprint density at radius 2 is 2.07 bits per heavy atom. The number of urea groups is 1. The van der Waals surface area contributed by atoms with Gasteiger partial charge in [-0.1, -0.05) is 13.3 Å². The number of methoxy groups -OCH3 is 1. The predicted molar refractivity (Wildman–Crippen MR) is 99.0 cm³/mol. The van der Waals surface area contributed by atoms with Crippen molar-refractivity contribution in [1.29, 1.82) is 0 Å². The van der Waals surface area contributed by atoms with Crippen LogP contribution in [-0.4, -0.2) is 67.2 Å². The van der Waals surface area contributed by atoms with Crippen LogP contribution in [-0.2, 0) is 14.3 Å². The zero-order valence-electron chi connectivity index (χ0n) is 15.4. The number of halogens is 1. The van der Waals surface area contributed by atoms with Gasteiger partial charge in [0.15, 0.2) is 5.66 Å². The Kier molecular flexibility index (Phi) is 9.51. The van der Waals surface area contributed by atoms with Gasteiger partial charge in [0.2, 0.25) is 5.96 Å². The highest BCUT2D eigenvalue weighted by Crippen LogP contribution is 2.15. The number of primary amides is 1. The van der Waals surface area contributed by atoms with Crippen LogP contribution >= 0.6 is 12.4 Å². The first-order chi connectivity index (χ1) is 12.1. The normalized spacial score (nSPS) is 18.0. The number of amides is 5. The van der Waals surface area contributed by atoms with E-state index in [9.17, 15) is 19.2 Å².